The fourth-order valence-corrected chi connectivity index (χ4v) is 3.14. The zero-order valence-electron chi connectivity index (χ0n) is 12.0. The van der Waals surface area contributed by atoms with Crippen LogP contribution in [-0.2, 0) is 0 Å². The average molecular weight is 347 g/mol. The van der Waals surface area contributed by atoms with E-state index >= 15 is 0 Å². The van der Waals surface area contributed by atoms with Crippen LogP contribution < -0.4 is 5.32 Å². The van der Waals surface area contributed by atoms with Gasteiger partial charge in [-0.25, -0.2) is 9.97 Å². The Kier molecular flexibility index (Phi) is 3.41. The molecular formula is C15H15BrN4O. The number of fused-ring (bicyclic) bond motifs is 1. The Morgan fingerprint density at radius 2 is 1.90 bits per heavy atom. The second-order valence-electron chi connectivity index (χ2n) is 5.20. The summed E-state index contributed by atoms with van der Waals surface area (Å²) in [6.07, 6.45) is 3.22. The molecule has 1 aliphatic rings. The maximum atomic E-state index is 12.6. The number of carbonyl (C=O) groups excluding carboxylic acids is 1. The number of nitrogens with zero attached hydrogens (tertiary/aromatic N) is 3. The van der Waals surface area contributed by atoms with E-state index in [0.717, 1.165) is 21.3 Å². The van der Waals surface area contributed by atoms with E-state index in [-0.39, 0.29) is 12.1 Å². The molecule has 108 valence electrons. The Balaban J connectivity index is 2.07. The monoisotopic (exact) mass is 346 g/mol. The first-order valence-electron chi connectivity index (χ1n) is 6.60. The lowest BCUT2D eigenvalue weighted by Crippen LogP contribution is -2.40. The molecule has 1 atom stereocenters. The number of benzene rings is 1. The van der Waals surface area contributed by atoms with Gasteiger partial charge in [-0.05, 0) is 47.5 Å². The van der Waals surface area contributed by atoms with Gasteiger partial charge in [0.05, 0.1) is 11.3 Å². The van der Waals surface area contributed by atoms with Gasteiger partial charge >= 0.3 is 0 Å². The number of anilines is 1. The molecule has 1 aromatic heterocycles. The van der Waals surface area contributed by atoms with Crippen LogP contribution in [0.15, 0.2) is 29.0 Å². The van der Waals surface area contributed by atoms with Gasteiger partial charge in [-0.3, -0.25) is 4.79 Å². The van der Waals surface area contributed by atoms with E-state index < -0.39 is 0 Å². The van der Waals surface area contributed by atoms with E-state index in [0.29, 0.717) is 11.4 Å². The minimum Gasteiger partial charge on any atom is -0.360 e. The van der Waals surface area contributed by atoms with Crippen LogP contribution in [0.4, 0.5) is 5.69 Å². The summed E-state index contributed by atoms with van der Waals surface area (Å²) in [5, 5.41) is 3.39. The fourth-order valence-electron chi connectivity index (χ4n) is 2.45. The maximum absolute atomic E-state index is 12.6. The van der Waals surface area contributed by atoms with Crippen molar-refractivity contribution in [2.45, 2.75) is 20.0 Å². The number of hydrogen-bond acceptors (Lipinski definition) is 4. The lowest BCUT2D eigenvalue weighted by molar-refractivity contribution is 0.0735. The molecule has 0 fully saturated rings. The van der Waals surface area contributed by atoms with Crippen LogP contribution in [0, 0.1) is 13.8 Å². The molecule has 6 heteroatoms. The Bertz CT molecular complexity index is 714. The normalized spacial score (nSPS) is 17.4. The molecule has 1 unspecified atom stereocenters. The van der Waals surface area contributed by atoms with Crippen molar-refractivity contribution >= 4 is 27.5 Å². The highest BCUT2D eigenvalue weighted by Gasteiger charge is 2.32. The van der Waals surface area contributed by atoms with Crippen molar-refractivity contribution in [3.8, 4) is 0 Å². The number of nitrogens with one attached hydrogen (secondary N) is 1. The molecule has 0 saturated heterocycles. The van der Waals surface area contributed by atoms with E-state index in [9.17, 15) is 4.79 Å². The molecule has 0 spiro atoms. The van der Waals surface area contributed by atoms with Crippen LogP contribution in [0.2, 0.25) is 0 Å². The molecule has 0 aliphatic carbocycles. The maximum Gasteiger partial charge on any atom is 0.257 e. The fraction of sp³-hybridized carbons (Fsp3) is 0.267. The molecular weight excluding hydrogens is 332 g/mol. The number of hydrogen-bond donors (Lipinski definition) is 1. The topological polar surface area (TPSA) is 58.1 Å². The van der Waals surface area contributed by atoms with Crippen molar-refractivity contribution in [1.29, 1.82) is 0 Å². The molecule has 21 heavy (non-hydrogen) atoms. The predicted molar refractivity (Wildman–Crippen MR) is 84.1 cm³/mol. The predicted octanol–water partition coefficient (Wildman–Crippen LogP) is 3.05. The van der Waals surface area contributed by atoms with E-state index in [1.54, 1.807) is 24.3 Å². The van der Waals surface area contributed by atoms with Crippen molar-refractivity contribution in [2.24, 2.45) is 0 Å². The summed E-state index contributed by atoms with van der Waals surface area (Å²) in [5.41, 5.74) is 3.39. The van der Waals surface area contributed by atoms with Gasteiger partial charge in [0, 0.05) is 29.5 Å². The van der Waals surface area contributed by atoms with Crippen LogP contribution in [0.25, 0.3) is 0 Å². The van der Waals surface area contributed by atoms with Crippen LogP contribution in [0.5, 0.6) is 0 Å². The highest BCUT2D eigenvalue weighted by atomic mass is 79.9. The molecule has 0 saturated carbocycles. The third-order valence-electron chi connectivity index (χ3n) is 3.57. The second kappa shape index (κ2) is 5.11. The van der Waals surface area contributed by atoms with E-state index in [2.05, 4.69) is 31.2 Å². The largest absolute Gasteiger partial charge is 0.360 e. The van der Waals surface area contributed by atoms with Crippen LogP contribution in [0.3, 0.4) is 0 Å². The molecule has 1 aromatic carbocycles. The van der Waals surface area contributed by atoms with Crippen LogP contribution in [0.1, 0.15) is 33.5 Å². The Hall–Kier alpha value is -1.95. The van der Waals surface area contributed by atoms with Gasteiger partial charge in [-0.2, -0.15) is 0 Å². The highest BCUT2D eigenvalue weighted by Crippen LogP contribution is 2.37. The second-order valence-corrected chi connectivity index (χ2v) is 6.05. The average Bonchev–Trinajstić information content (AvgIpc) is 2.44. The van der Waals surface area contributed by atoms with Gasteiger partial charge in [0.1, 0.15) is 12.0 Å². The number of carbonyl (C=O) groups is 1. The number of amides is 1. The Morgan fingerprint density at radius 3 is 2.57 bits per heavy atom. The summed E-state index contributed by atoms with van der Waals surface area (Å²) in [7, 11) is 1.78. The Labute approximate surface area is 131 Å². The van der Waals surface area contributed by atoms with E-state index in [1.165, 1.54) is 0 Å². The third-order valence-corrected chi connectivity index (χ3v) is 4.20. The van der Waals surface area contributed by atoms with Gasteiger partial charge < -0.3 is 10.2 Å². The lowest BCUT2D eigenvalue weighted by atomic mass is 10.0. The number of rotatable bonds is 1. The first-order chi connectivity index (χ1) is 9.97. The summed E-state index contributed by atoms with van der Waals surface area (Å²) < 4.78 is 0.886. The van der Waals surface area contributed by atoms with Gasteiger partial charge in [0.25, 0.3) is 5.91 Å². The molecule has 5 nitrogen and oxygen atoms in total. The summed E-state index contributed by atoms with van der Waals surface area (Å²) in [6.45, 7) is 3.81. The van der Waals surface area contributed by atoms with Crippen molar-refractivity contribution in [1.82, 2.24) is 14.9 Å². The Morgan fingerprint density at radius 1 is 1.24 bits per heavy atom. The van der Waals surface area contributed by atoms with Crippen molar-refractivity contribution in [3.63, 3.8) is 0 Å². The molecule has 2 heterocycles. The van der Waals surface area contributed by atoms with Crippen molar-refractivity contribution in [3.05, 3.63) is 51.5 Å². The van der Waals surface area contributed by atoms with Crippen LogP contribution >= 0.6 is 15.9 Å². The third kappa shape index (κ3) is 2.40. The summed E-state index contributed by atoms with van der Waals surface area (Å²) in [4.78, 5) is 22.7. The van der Waals surface area contributed by atoms with Gasteiger partial charge in [0.2, 0.25) is 0 Å². The summed E-state index contributed by atoms with van der Waals surface area (Å²) in [5.74, 6) is 0.694. The molecule has 2 aromatic rings. The van der Waals surface area contributed by atoms with Crippen molar-refractivity contribution in [2.75, 3.05) is 12.4 Å². The molecule has 1 N–H and O–H groups in total. The van der Waals surface area contributed by atoms with Gasteiger partial charge in [-0.1, -0.05) is 0 Å². The first-order valence-corrected chi connectivity index (χ1v) is 7.39. The number of aromatic nitrogens is 2. The van der Waals surface area contributed by atoms with Crippen molar-refractivity contribution < 1.29 is 4.79 Å². The van der Waals surface area contributed by atoms with Gasteiger partial charge in [-0.15, -0.1) is 0 Å². The molecule has 0 bridgehead atoms. The van der Waals surface area contributed by atoms with E-state index in [4.69, 9.17) is 0 Å². The van der Waals surface area contributed by atoms with Crippen LogP contribution in [-0.4, -0.2) is 27.8 Å². The first kappa shape index (κ1) is 14.0. The molecule has 1 amide bonds. The summed E-state index contributed by atoms with van der Waals surface area (Å²) >= 11 is 3.53. The standard InChI is InChI=1S/C15H15BrN4O/c1-8-4-11-13(12(16)5-8)19-14(20(3)15(11)21)10-6-17-9(2)18-7-10/h4-7,14,19H,1-3H3. The van der Waals surface area contributed by atoms with Gasteiger partial charge in [0.15, 0.2) is 0 Å². The molecule has 1 aliphatic heterocycles. The van der Waals surface area contributed by atoms with E-state index in [1.807, 2.05) is 26.0 Å². The zero-order chi connectivity index (χ0) is 15.1. The SMILES string of the molecule is Cc1cc(Br)c2c(c1)C(=O)N(C)C(c1cnc(C)nc1)N2. The minimum absolute atomic E-state index is 0.0151. The molecule has 0 radical (unpaired) electrons. The highest BCUT2D eigenvalue weighted by molar-refractivity contribution is 9.10. The quantitative estimate of drug-likeness (QED) is 0.862. The molecule has 3 rings (SSSR count). The zero-order valence-corrected chi connectivity index (χ0v) is 13.6. The number of aryl methyl sites for hydroxylation is 2. The lowest BCUT2D eigenvalue weighted by Gasteiger charge is -2.36. The smallest absolute Gasteiger partial charge is 0.257 e. The minimum atomic E-state index is -0.274. The summed E-state index contributed by atoms with van der Waals surface area (Å²) in [6, 6.07) is 3.89. The number of halogens is 1.